The average molecular weight is 303 g/mol. The Balaban J connectivity index is 2.50. The first-order chi connectivity index (χ1) is 7.58. The minimum Gasteiger partial charge on any atom is -0.476 e. The molecule has 1 N–H and O–H groups in total. The second kappa shape index (κ2) is 4.27. The predicted octanol–water partition coefficient (Wildman–Crippen LogP) is 3.46. The van der Waals surface area contributed by atoms with Gasteiger partial charge in [0.25, 0.3) is 0 Å². The number of carboxylic acid groups (broad SMARTS) is 1. The number of aromatic nitrogens is 1. The van der Waals surface area contributed by atoms with E-state index in [2.05, 4.69) is 20.9 Å². The maximum Gasteiger partial charge on any atom is 0.357 e. The number of hydrogen-bond donors (Lipinski definition) is 1. The highest BCUT2D eigenvalue weighted by Crippen LogP contribution is 2.30. The van der Waals surface area contributed by atoms with Crippen LogP contribution in [-0.4, -0.2) is 16.1 Å². The van der Waals surface area contributed by atoms with E-state index < -0.39 is 5.97 Å². The number of carboxylic acids is 1. The van der Waals surface area contributed by atoms with E-state index in [1.54, 1.807) is 18.2 Å². The Kier molecular flexibility index (Phi) is 2.98. The Labute approximate surface area is 104 Å². The fourth-order valence-corrected chi connectivity index (χ4v) is 1.72. The van der Waals surface area contributed by atoms with Crippen molar-refractivity contribution in [2.24, 2.45) is 0 Å². The molecule has 0 unspecified atom stereocenters. The third-order valence-electron chi connectivity index (χ3n) is 1.88. The molecule has 0 aliphatic carbocycles. The molecule has 2 aromatic rings. The summed E-state index contributed by atoms with van der Waals surface area (Å²) >= 11 is 9.24. The highest BCUT2D eigenvalue weighted by Gasteiger charge is 2.14. The summed E-state index contributed by atoms with van der Waals surface area (Å²) in [7, 11) is 0. The molecule has 1 aromatic heterocycles. The number of carbonyl (C=O) groups is 1. The third kappa shape index (κ3) is 2.10. The van der Waals surface area contributed by atoms with Crippen molar-refractivity contribution in [1.29, 1.82) is 0 Å². The van der Waals surface area contributed by atoms with E-state index in [4.69, 9.17) is 21.1 Å². The molecule has 0 bridgehead atoms. The van der Waals surface area contributed by atoms with E-state index >= 15 is 0 Å². The zero-order chi connectivity index (χ0) is 11.7. The zero-order valence-electron chi connectivity index (χ0n) is 7.78. The van der Waals surface area contributed by atoms with E-state index in [0.717, 1.165) is 10.7 Å². The fourth-order valence-electron chi connectivity index (χ4n) is 1.16. The van der Waals surface area contributed by atoms with Crippen molar-refractivity contribution in [3.05, 3.63) is 39.7 Å². The average Bonchev–Trinajstić information content (AvgIpc) is 2.70. The van der Waals surface area contributed by atoms with Crippen molar-refractivity contribution in [1.82, 2.24) is 4.98 Å². The molecule has 4 nitrogen and oxygen atoms in total. The van der Waals surface area contributed by atoms with Crippen LogP contribution in [0.15, 0.2) is 33.4 Å². The molecular formula is C10H5BrClNO3. The van der Waals surface area contributed by atoms with Crippen molar-refractivity contribution >= 4 is 33.5 Å². The van der Waals surface area contributed by atoms with Crippen LogP contribution in [0, 0.1) is 0 Å². The van der Waals surface area contributed by atoms with Crippen molar-refractivity contribution in [3.63, 3.8) is 0 Å². The minimum absolute atomic E-state index is 0.147. The van der Waals surface area contributed by atoms with E-state index in [-0.39, 0.29) is 11.6 Å². The van der Waals surface area contributed by atoms with Gasteiger partial charge in [-0.15, -0.1) is 0 Å². The normalized spacial score (nSPS) is 10.4. The second-order valence-electron chi connectivity index (χ2n) is 2.97. The number of nitrogens with zero attached hydrogens (tertiary/aromatic N) is 1. The van der Waals surface area contributed by atoms with Crippen LogP contribution in [-0.2, 0) is 0 Å². The lowest BCUT2D eigenvalue weighted by molar-refractivity contribution is 0.0690. The Hall–Kier alpha value is -1.33. The van der Waals surface area contributed by atoms with E-state index in [0.29, 0.717) is 10.6 Å². The lowest BCUT2D eigenvalue weighted by Crippen LogP contribution is -1.95. The molecule has 0 spiro atoms. The van der Waals surface area contributed by atoms with E-state index in [1.165, 1.54) is 0 Å². The van der Waals surface area contributed by atoms with Gasteiger partial charge in [0.1, 0.15) is 6.26 Å². The zero-order valence-corrected chi connectivity index (χ0v) is 10.1. The van der Waals surface area contributed by atoms with Gasteiger partial charge in [0.05, 0.1) is 10.6 Å². The maximum absolute atomic E-state index is 10.6. The van der Waals surface area contributed by atoms with Crippen molar-refractivity contribution in [3.8, 4) is 11.5 Å². The summed E-state index contributed by atoms with van der Waals surface area (Å²) < 4.78 is 5.86. The Bertz CT molecular complexity index is 553. The van der Waals surface area contributed by atoms with Gasteiger partial charge in [0.15, 0.2) is 5.69 Å². The standard InChI is InChI=1S/C10H5BrClNO3/c11-5-1-2-7(12)6(3-5)9-13-8(4-16-9)10(14)15/h1-4H,(H,14,15). The highest BCUT2D eigenvalue weighted by molar-refractivity contribution is 9.10. The number of aromatic carboxylic acids is 1. The molecule has 0 saturated heterocycles. The van der Waals surface area contributed by atoms with E-state index in [9.17, 15) is 4.79 Å². The molecule has 0 amide bonds. The van der Waals surface area contributed by atoms with Crippen LogP contribution < -0.4 is 0 Å². The highest BCUT2D eigenvalue weighted by atomic mass is 79.9. The van der Waals surface area contributed by atoms with Gasteiger partial charge in [0.2, 0.25) is 5.89 Å². The van der Waals surface area contributed by atoms with Crippen LogP contribution in [0.4, 0.5) is 0 Å². The largest absolute Gasteiger partial charge is 0.476 e. The first-order valence-corrected chi connectivity index (χ1v) is 5.39. The quantitative estimate of drug-likeness (QED) is 0.923. The van der Waals surface area contributed by atoms with Crippen LogP contribution in [0.3, 0.4) is 0 Å². The summed E-state index contributed by atoms with van der Waals surface area (Å²) in [6.45, 7) is 0. The van der Waals surface area contributed by atoms with Crippen LogP contribution in [0.2, 0.25) is 5.02 Å². The molecule has 2 rings (SSSR count). The van der Waals surface area contributed by atoms with Crippen molar-refractivity contribution < 1.29 is 14.3 Å². The Morgan fingerprint density at radius 3 is 2.88 bits per heavy atom. The van der Waals surface area contributed by atoms with Gasteiger partial charge >= 0.3 is 5.97 Å². The third-order valence-corrected chi connectivity index (χ3v) is 2.70. The predicted molar refractivity (Wildman–Crippen MR) is 61.6 cm³/mol. The van der Waals surface area contributed by atoms with Crippen LogP contribution >= 0.6 is 27.5 Å². The molecule has 1 aromatic carbocycles. The fraction of sp³-hybridized carbons (Fsp3) is 0. The molecule has 0 atom stereocenters. The van der Waals surface area contributed by atoms with Gasteiger partial charge in [-0.2, -0.15) is 0 Å². The summed E-state index contributed by atoms with van der Waals surface area (Å²) in [6.07, 6.45) is 1.08. The van der Waals surface area contributed by atoms with Gasteiger partial charge in [-0.05, 0) is 18.2 Å². The molecule has 0 aliphatic heterocycles. The van der Waals surface area contributed by atoms with Gasteiger partial charge < -0.3 is 9.52 Å². The molecule has 1 heterocycles. The lowest BCUT2D eigenvalue weighted by atomic mass is 10.2. The number of oxazole rings is 1. The van der Waals surface area contributed by atoms with Gasteiger partial charge in [0, 0.05) is 4.47 Å². The summed E-state index contributed by atoms with van der Waals surface area (Å²) in [6, 6.07) is 5.15. The van der Waals surface area contributed by atoms with Crippen LogP contribution in [0.5, 0.6) is 0 Å². The van der Waals surface area contributed by atoms with Crippen molar-refractivity contribution in [2.45, 2.75) is 0 Å². The SMILES string of the molecule is O=C(O)c1coc(-c2cc(Br)ccc2Cl)n1. The number of halogens is 2. The summed E-state index contributed by atoms with van der Waals surface area (Å²) in [5, 5.41) is 9.15. The molecule has 16 heavy (non-hydrogen) atoms. The molecule has 0 aliphatic rings. The molecule has 0 radical (unpaired) electrons. The molecular weight excluding hydrogens is 297 g/mol. The monoisotopic (exact) mass is 301 g/mol. The molecule has 82 valence electrons. The smallest absolute Gasteiger partial charge is 0.357 e. The summed E-state index contributed by atoms with van der Waals surface area (Å²) in [5.74, 6) is -0.954. The van der Waals surface area contributed by atoms with Gasteiger partial charge in [-0.3, -0.25) is 0 Å². The summed E-state index contributed by atoms with van der Waals surface area (Å²) in [5.41, 5.74) is 0.398. The number of benzene rings is 1. The van der Waals surface area contributed by atoms with Crippen molar-refractivity contribution in [2.75, 3.05) is 0 Å². The molecule has 0 fully saturated rings. The first kappa shape index (κ1) is 11.2. The number of rotatable bonds is 2. The maximum atomic E-state index is 10.6. The van der Waals surface area contributed by atoms with E-state index in [1.807, 2.05) is 0 Å². The molecule has 6 heteroatoms. The van der Waals surface area contributed by atoms with Crippen LogP contribution in [0.25, 0.3) is 11.5 Å². The summed E-state index contributed by atoms with van der Waals surface area (Å²) in [4.78, 5) is 14.4. The van der Waals surface area contributed by atoms with Gasteiger partial charge in [-0.25, -0.2) is 9.78 Å². The first-order valence-electron chi connectivity index (χ1n) is 4.22. The van der Waals surface area contributed by atoms with Gasteiger partial charge in [-0.1, -0.05) is 27.5 Å². The molecule has 0 saturated carbocycles. The number of hydrogen-bond acceptors (Lipinski definition) is 3. The minimum atomic E-state index is -1.14. The Morgan fingerprint density at radius 1 is 1.50 bits per heavy atom. The Morgan fingerprint density at radius 2 is 2.25 bits per heavy atom. The van der Waals surface area contributed by atoms with Crippen LogP contribution in [0.1, 0.15) is 10.5 Å². The topological polar surface area (TPSA) is 63.3 Å². The second-order valence-corrected chi connectivity index (χ2v) is 4.29. The lowest BCUT2D eigenvalue weighted by Gasteiger charge is -1.99.